The van der Waals surface area contributed by atoms with E-state index in [9.17, 15) is 0 Å². The van der Waals surface area contributed by atoms with Gasteiger partial charge in [0.2, 0.25) is 5.89 Å². The summed E-state index contributed by atoms with van der Waals surface area (Å²) in [7, 11) is 0. The van der Waals surface area contributed by atoms with E-state index in [1.807, 2.05) is 0 Å². The molecule has 0 saturated heterocycles. The number of hydrogen-bond acceptors (Lipinski definition) is 7. The topological polar surface area (TPSA) is 77.2 Å². The summed E-state index contributed by atoms with van der Waals surface area (Å²) < 4.78 is 10.4. The quantitative estimate of drug-likeness (QED) is 0.795. The Bertz CT molecular complexity index is 628. The monoisotopic (exact) mass is 277 g/mol. The SMILES string of the molecule is ClCc1nnc(-c2ccnnc2N2C=COC=C2)o1. The molecule has 0 aromatic carbocycles. The molecule has 0 bridgehead atoms. The van der Waals surface area contributed by atoms with Crippen LogP contribution in [0.3, 0.4) is 0 Å². The zero-order chi connectivity index (χ0) is 13.1. The highest BCUT2D eigenvalue weighted by atomic mass is 35.5. The lowest BCUT2D eigenvalue weighted by atomic mass is 10.2. The van der Waals surface area contributed by atoms with Crippen LogP contribution >= 0.6 is 11.6 Å². The number of rotatable bonds is 3. The molecule has 1 aliphatic heterocycles. The molecule has 3 rings (SSSR count). The second-order valence-corrected chi connectivity index (χ2v) is 3.78. The number of nitrogens with zero attached hydrogens (tertiary/aromatic N) is 5. The molecule has 0 fully saturated rings. The van der Waals surface area contributed by atoms with Crippen molar-refractivity contribution in [2.24, 2.45) is 0 Å². The molecule has 2 aromatic heterocycles. The number of anilines is 1. The van der Waals surface area contributed by atoms with Crippen LogP contribution in [0.2, 0.25) is 0 Å². The van der Waals surface area contributed by atoms with E-state index in [0.717, 1.165) is 0 Å². The van der Waals surface area contributed by atoms with Gasteiger partial charge in [-0.3, -0.25) is 0 Å². The third-order valence-electron chi connectivity index (χ3n) is 2.36. The highest BCUT2D eigenvalue weighted by molar-refractivity contribution is 6.16. The molecule has 96 valence electrons. The largest absolute Gasteiger partial charge is 0.470 e. The lowest BCUT2D eigenvalue weighted by Gasteiger charge is -2.17. The molecule has 0 amide bonds. The molecular weight excluding hydrogens is 270 g/mol. The maximum absolute atomic E-state index is 5.64. The van der Waals surface area contributed by atoms with E-state index in [-0.39, 0.29) is 5.88 Å². The van der Waals surface area contributed by atoms with E-state index in [1.54, 1.807) is 29.6 Å². The molecule has 1 aliphatic rings. The Morgan fingerprint density at radius 3 is 2.74 bits per heavy atom. The summed E-state index contributed by atoms with van der Waals surface area (Å²) in [5.41, 5.74) is 0.662. The standard InChI is InChI=1S/C11H8ClN5O2/c12-7-9-14-16-11(19-9)8-1-2-13-15-10(8)17-3-5-18-6-4-17/h1-6H,7H2. The molecule has 0 radical (unpaired) electrons. The van der Waals surface area contributed by atoms with Gasteiger partial charge in [0, 0.05) is 12.4 Å². The van der Waals surface area contributed by atoms with Gasteiger partial charge in [-0.1, -0.05) is 0 Å². The van der Waals surface area contributed by atoms with Crippen LogP contribution in [0.15, 0.2) is 41.6 Å². The van der Waals surface area contributed by atoms with Crippen LogP contribution in [0, 0.1) is 0 Å². The van der Waals surface area contributed by atoms with Gasteiger partial charge in [0.25, 0.3) is 5.89 Å². The molecule has 0 unspecified atom stereocenters. The van der Waals surface area contributed by atoms with Gasteiger partial charge in [0.1, 0.15) is 18.4 Å². The van der Waals surface area contributed by atoms with Crippen molar-refractivity contribution in [2.45, 2.75) is 5.88 Å². The van der Waals surface area contributed by atoms with Gasteiger partial charge in [0.15, 0.2) is 5.82 Å². The first kappa shape index (κ1) is 11.7. The maximum atomic E-state index is 5.64. The van der Waals surface area contributed by atoms with E-state index in [4.69, 9.17) is 20.8 Å². The predicted octanol–water partition coefficient (Wildman–Crippen LogP) is 2.04. The first-order chi connectivity index (χ1) is 9.38. The van der Waals surface area contributed by atoms with Crippen LogP contribution < -0.4 is 4.90 Å². The van der Waals surface area contributed by atoms with Gasteiger partial charge in [-0.15, -0.1) is 26.9 Å². The number of aromatic nitrogens is 4. The smallest absolute Gasteiger partial charge is 0.251 e. The van der Waals surface area contributed by atoms with Crippen LogP contribution in [-0.2, 0) is 10.6 Å². The summed E-state index contributed by atoms with van der Waals surface area (Å²) in [6, 6.07) is 1.74. The van der Waals surface area contributed by atoms with Crippen molar-refractivity contribution in [1.29, 1.82) is 0 Å². The Kier molecular flexibility index (Phi) is 3.11. The molecule has 0 saturated carbocycles. The van der Waals surface area contributed by atoms with Crippen LogP contribution in [0.25, 0.3) is 11.5 Å². The molecule has 3 heterocycles. The minimum atomic E-state index is 0.165. The van der Waals surface area contributed by atoms with Gasteiger partial charge in [-0.25, -0.2) is 0 Å². The van der Waals surface area contributed by atoms with Crippen molar-refractivity contribution in [2.75, 3.05) is 4.90 Å². The second-order valence-electron chi connectivity index (χ2n) is 3.52. The Hall–Kier alpha value is -2.41. The van der Waals surface area contributed by atoms with E-state index < -0.39 is 0 Å². The lowest BCUT2D eigenvalue weighted by molar-refractivity contribution is 0.393. The van der Waals surface area contributed by atoms with Gasteiger partial charge in [-0.2, -0.15) is 5.10 Å². The number of hydrogen-bond donors (Lipinski definition) is 0. The van der Waals surface area contributed by atoms with Crippen molar-refractivity contribution in [3.05, 3.63) is 43.1 Å². The third kappa shape index (κ3) is 2.27. The fraction of sp³-hybridized carbons (Fsp3) is 0.0909. The Morgan fingerprint density at radius 2 is 2.00 bits per heavy atom. The summed E-state index contributed by atoms with van der Waals surface area (Å²) in [6.07, 6.45) is 8.00. The van der Waals surface area contributed by atoms with Crippen molar-refractivity contribution in [3.63, 3.8) is 0 Å². The van der Waals surface area contributed by atoms with Crippen LogP contribution in [0.5, 0.6) is 0 Å². The third-order valence-corrected chi connectivity index (χ3v) is 2.59. The lowest BCUT2D eigenvalue weighted by Crippen LogP contribution is -2.13. The molecule has 0 N–H and O–H groups in total. The molecule has 7 nitrogen and oxygen atoms in total. The van der Waals surface area contributed by atoms with Crippen molar-refractivity contribution >= 4 is 17.4 Å². The van der Waals surface area contributed by atoms with E-state index in [2.05, 4.69) is 20.4 Å². The van der Waals surface area contributed by atoms with Crippen molar-refractivity contribution in [3.8, 4) is 11.5 Å². The van der Waals surface area contributed by atoms with Crippen molar-refractivity contribution in [1.82, 2.24) is 20.4 Å². The Morgan fingerprint density at radius 1 is 1.16 bits per heavy atom. The number of halogens is 1. The first-order valence-electron chi connectivity index (χ1n) is 5.36. The fourth-order valence-electron chi connectivity index (χ4n) is 1.54. The zero-order valence-electron chi connectivity index (χ0n) is 9.60. The molecule has 0 spiro atoms. The average Bonchev–Trinajstić information content (AvgIpc) is 2.97. The summed E-state index contributed by atoms with van der Waals surface area (Å²) in [5.74, 6) is 1.42. The molecule has 0 aliphatic carbocycles. The van der Waals surface area contributed by atoms with Crippen molar-refractivity contribution < 1.29 is 9.15 Å². The molecular formula is C11H8ClN5O2. The van der Waals surface area contributed by atoms with E-state index >= 15 is 0 Å². The fourth-order valence-corrected chi connectivity index (χ4v) is 1.64. The van der Waals surface area contributed by atoms with E-state index in [0.29, 0.717) is 23.2 Å². The summed E-state index contributed by atoms with van der Waals surface area (Å²) in [4.78, 5) is 1.73. The highest BCUT2D eigenvalue weighted by Crippen LogP contribution is 2.28. The highest BCUT2D eigenvalue weighted by Gasteiger charge is 2.17. The van der Waals surface area contributed by atoms with Crippen LogP contribution in [0.4, 0.5) is 5.82 Å². The van der Waals surface area contributed by atoms with Gasteiger partial charge in [-0.05, 0) is 6.07 Å². The average molecular weight is 278 g/mol. The Balaban J connectivity index is 2.03. The van der Waals surface area contributed by atoms with Crippen LogP contribution in [0.1, 0.15) is 5.89 Å². The molecule has 19 heavy (non-hydrogen) atoms. The van der Waals surface area contributed by atoms with E-state index in [1.165, 1.54) is 12.5 Å². The minimum absolute atomic E-state index is 0.165. The van der Waals surface area contributed by atoms with Gasteiger partial charge < -0.3 is 14.1 Å². The summed E-state index contributed by atoms with van der Waals surface area (Å²) >= 11 is 5.64. The molecule has 2 aromatic rings. The second kappa shape index (κ2) is 5.07. The minimum Gasteiger partial charge on any atom is -0.470 e. The summed E-state index contributed by atoms with van der Waals surface area (Å²) in [5, 5.41) is 15.7. The number of alkyl halides is 1. The number of ether oxygens (including phenoxy) is 1. The van der Waals surface area contributed by atoms with Gasteiger partial charge in [0.05, 0.1) is 11.8 Å². The molecule has 8 heteroatoms. The normalized spacial score (nSPS) is 13.6. The van der Waals surface area contributed by atoms with Crippen LogP contribution in [-0.4, -0.2) is 20.4 Å². The first-order valence-corrected chi connectivity index (χ1v) is 5.89. The summed E-state index contributed by atoms with van der Waals surface area (Å²) in [6.45, 7) is 0. The predicted molar refractivity (Wildman–Crippen MR) is 66.7 cm³/mol. The maximum Gasteiger partial charge on any atom is 0.251 e. The zero-order valence-corrected chi connectivity index (χ0v) is 10.4. The molecule has 0 atom stereocenters. The Labute approximate surface area is 113 Å². The van der Waals surface area contributed by atoms with Gasteiger partial charge >= 0.3 is 0 Å².